The first kappa shape index (κ1) is 14.2. The molecule has 0 amide bonds. The fourth-order valence-electron chi connectivity index (χ4n) is 3.02. The van der Waals surface area contributed by atoms with Gasteiger partial charge >= 0.3 is 0 Å². The Labute approximate surface area is 120 Å². The van der Waals surface area contributed by atoms with Gasteiger partial charge < -0.3 is 9.47 Å². The Kier molecular flexibility index (Phi) is 4.19. The van der Waals surface area contributed by atoms with E-state index in [1.165, 1.54) is 12.1 Å². The summed E-state index contributed by atoms with van der Waals surface area (Å²) in [6.45, 7) is 2.09. The molecule has 20 heavy (non-hydrogen) atoms. The number of hydrogen-bond acceptors (Lipinski definition) is 3. The molecule has 0 saturated carbocycles. The number of halogens is 1. The van der Waals surface area contributed by atoms with Gasteiger partial charge in [0.05, 0.1) is 16.4 Å². The highest BCUT2D eigenvalue weighted by Crippen LogP contribution is 2.37. The van der Waals surface area contributed by atoms with Crippen LogP contribution in [0.25, 0.3) is 0 Å². The van der Waals surface area contributed by atoms with Gasteiger partial charge in [0.2, 0.25) is 0 Å². The van der Waals surface area contributed by atoms with Crippen molar-refractivity contribution in [1.82, 2.24) is 0 Å². The van der Waals surface area contributed by atoms with Gasteiger partial charge in [-0.05, 0) is 49.9 Å². The molecule has 1 aromatic rings. The van der Waals surface area contributed by atoms with Gasteiger partial charge in [-0.3, -0.25) is 4.21 Å². The van der Waals surface area contributed by atoms with Crippen LogP contribution in [-0.4, -0.2) is 34.9 Å². The highest BCUT2D eigenvalue weighted by molar-refractivity contribution is 7.85. The van der Waals surface area contributed by atoms with Crippen LogP contribution in [0.3, 0.4) is 0 Å². The molecular formula is C15H19FO3S. The highest BCUT2D eigenvalue weighted by atomic mass is 32.2. The van der Waals surface area contributed by atoms with Gasteiger partial charge in [0.1, 0.15) is 5.82 Å². The second-order valence-electron chi connectivity index (χ2n) is 5.51. The van der Waals surface area contributed by atoms with E-state index in [1.807, 2.05) is 0 Å². The van der Waals surface area contributed by atoms with Crippen LogP contribution in [0.4, 0.5) is 4.39 Å². The lowest BCUT2D eigenvalue weighted by atomic mass is 9.86. The summed E-state index contributed by atoms with van der Waals surface area (Å²) >= 11 is 0. The summed E-state index contributed by atoms with van der Waals surface area (Å²) in [7, 11) is -1.09. The third kappa shape index (κ3) is 2.95. The van der Waals surface area contributed by atoms with Crippen LogP contribution in [-0.2, 0) is 20.3 Å². The summed E-state index contributed by atoms with van der Waals surface area (Å²) in [4.78, 5) is 0.709. The normalized spacial score (nSPS) is 27.4. The lowest BCUT2D eigenvalue weighted by Gasteiger charge is -2.43. The summed E-state index contributed by atoms with van der Waals surface area (Å²) < 4.78 is 36.9. The Bertz CT molecular complexity index is 477. The second kappa shape index (κ2) is 5.92. The van der Waals surface area contributed by atoms with Crippen LogP contribution in [0.15, 0.2) is 29.2 Å². The first-order valence-corrected chi connectivity index (χ1v) is 8.28. The molecule has 2 fully saturated rings. The Morgan fingerprint density at radius 1 is 1.15 bits per heavy atom. The maximum Gasteiger partial charge on any atom is 0.123 e. The number of benzene rings is 1. The Balaban J connectivity index is 1.73. The van der Waals surface area contributed by atoms with Crippen molar-refractivity contribution < 1.29 is 18.1 Å². The molecule has 2 heterocycles. The van der Waals surface area contributed by atoms with E-state index in [0.717, 1.165) is 38.9 Å². The molecule has 2 aliphatic heterocycles. The highest BCUT2D eigenvalue weighted by Gasteiger charge is 2.40. The van der Waals surface area contributed by atoms with Gasteiger partial charge in [-0.1, -0.05) is 0 Å². The van der Waals surface area contributed by atoms with E-state index >= 15 is 0 Å². The summed E-state index contributed by atoms with van der Waals surface area (Å²) in [5.74, 6) is -0.293. The van der Waals surface area contributed by atoms with Crippen molar-refractivity contribution in [1.29, 1.82) is 0 Å². The van der Waals surface area contributed by atoms with Crippen molar-refractivity contribution in [2.75, 3.05) is 19.8 Å². The van der Waals surface area contributed by atoms with Crippen LogP contribution < -0.4 is 0 Å². The molecule has 0 aliphatic carbocycles. The molecule has 2 unspecified atom stereocenters. The maximum absolute atomic E-state index is 12.9. The van der Waals surface area contributed by atoms with Gasteiger partial charge in [0, 0.05) is 30.0 Å². The molecule has 2 saturated heterocycles. The second-order valence-corrected chi connectivity index (χ2v) is 7.24. The lowest BCUT2D eigenvalue weighted by molar-refractivity contribution is -0.131. The Hall–Kier alpha value is -0.780. The predicted octanol–water partition coefficient (Wildman–Crippen LogP) is 2.66. The van der Waals surface area contributed by atoms with E-state index in [0.29, 0.717) is 11.5 Å². The molecule has 3 nitrogen and oxygen atoms in total. The third-order valence-electron chi connectivity index (χ3n) is 4.20. The Morgan fingerprint density at radius 2 is 1.85 bits per heavy atom. The molecule has 2 atom stereocenters. The van der Waals surface area contributed by atoms with E-state index in [1.54, 1.807) is 12.1 Å². The topological polar surface area (TPSA) is 35.5 Å². The average Bonchev–Trinajstić information content (AvgIpc) is 2.48. The van der Waals surface area contributed by atoms with Crippen molar-refractivity contribution in [2.24, 2.45) is 0 Å². The zero-order chi connectivity index (χ0) is 14.0. The lowest BCUT2D eigenvalue weighted by Crippen LogP contribution is -2.46. The van der Waals surface area contributed by atoms with Crippen molar-refractivity contribution in [3.8, 4) is 0 Å². The van der Waals surface area contributed by atoms with E-state index in [4.69, 9.17) is 9.47 Å². The van der Waals surface area contributed by atoms with Gasteiger partial charge in [0.25, 0.3) is 0 Å². The van der Waals surface area contributed by atoms with E-state index in [-0.39, 0.29) is 16.7 Å². The molecule has 5 heteroatoms. The standard InChI is InChI=1S/C15H19FO3S/c16-12-1-3-13(4-2-12)20(17)14-5-8-19-15(11-14)6-9-18-10-7-15/h1-4,14H,5-11H2. The maximum atomic E-state index is 12.9. The fourth-order valence-corrected chi connectivity index (χ4v) is 4.57. The first-order valence-electron chi connectivity index (χ1n) is 7.06. The van der Waals surface area contributed by atoms with E-state index < -0.39 is 10.8 Å². The van der Waals surface area contributed by atoms with Crippen molar-refractivity contribution in [2.45, 2.75) is 41.4 Å². The van der Waals surface area contributed by atoms with Gasteiger partial charge in [-0.15, -0.1) is 0 Å². The number of ether oxygens (including phenoxy) is 2. The minimum atomic E-state index is -1.09. The van der Waals surface area contributed by atoms with Crippen LogP contribution in [0, 0.1) is 5.82 Å². The molecule has 110 valence electrons. The number of hydrogen-bond donors (Lipinski definition) is 0. The van der Waals surface area contributed by atoms with Crippen LogP contribution in [0.2, 0.25) is 0 Å². The van der Waals surface area contributed by atoms with Crippen LogP contribution in [0.5, 0.6) is 0 Å². The molecule has 3 rings (SSSR count). The van der Waals surface area contributed by atoms with Crippen molar-refractivity contribution >= 4 is 10.8 Å². The zero-order valence-corrected chi connectivity index (χ0v) is 12.2. The molecule has 1 aromatic carbocycles. The van der Waals surface area contributed by atoms with Gasteiger partial charge in [0.15, 0.2) is 0 Å². The summed E-state index contributed by atoms with van der Waals surface area (Å²) in [5.41, 5.74) is -0.156. The summed E-state index contributed by atoms with van der Waals surface area (Å²) in [6, 6.07) is 5.99. The third-order valence-corrected chi connectivity index (χ3v) is 5.95. The van der Waals surface area contributed by atoms with Crippen molar-refractivity contribution in [3.63, 3.8) is 0 Å². The molecule has 0 bridgehead atoms. The Morgan fingerprint density at radius 3 is 2.55 bits per heavy atom. The molecule has 0 radical (unpaired) electrons. The molecule has 1 spiro atoms. The SMILES string of the molecule is O=S(c1ccc(F)cc1)C1CCOC2(CCOCC2)C1. The minimum Gasteiger partial charge on any atom is -0.381 e. The van der Waals surface area contributed by atoms with Crippen LogP contribution in [0.1, 0.15) is 25.7 Å². The summed E-state index contributed by atoms with van der Waals surface area (Å²) in [5, 5.41) is 0.0901. The largest absolute Gasteiger partial charge is 0.381 e. The monoisotopic (exact) mass is 298 g/mol. The quantitative estimate of drug-likeness (QED) is 0.842. The zero-order valence-electron chi connectivity index (χ0n) is 11.3. The minimum absolute atomic E-state index is 0.0901. The smallest absolute Gasteiger partial charge is 0.123 e. The molecule has 2 aliphatic rings. The van der Waals surface area contributed by atoms with Crippen LogP contribution >= 0.6 is 0 Å². The first-order chi connectivity index (χ1) is 9.69. The van der Waals surface area contributed by atoms with Gasteiger partial charge in [-0.25, -0.2) is 4.39 Å². The van der Waals surface area contributed by atoms with E-state index in [2.05, 4.69) is 0 Å². The molecule has 0 aromatic heterocycles. The predicted molar refractivity (Wildman–Crippen MR) is 74.6 cm³/mol. The van der Waals surface area contributed by atoms with Gasteiger partial charge in [-0.2, -0.15) is 0 Å². The van der Waals surface area contributed by atoms with E-state index in [9.17, 15) is 8.60 Å². The number of rotatable bonds is 2. The van der Waals surface area contributed by atoms with Crippen molar-refractivity contribution in [3.05, 3.63) is 30.1 Å². The fraction of sp³-hybridized carbons (Fsp3) is 0.600. The average molecular weight is 298 g/mol. The molecular weight excluding hydrogens is 279 g/mol. The molecule has 0 N–H and O–H groups in total. The summed E-state index contributed by atoms with van der Waals surface area (Å²) in [6.07, 6.45) is 3.36.